The first-order valence-corrected chi connectivity index (χ1v) is 9.07. The maximum absolute atomic E-state index is 13.9. The van der Waals surface area contributed by atoms with E-state index in [1.165, 1.54) is 20.3 Å². The third-order valence-corrected chi connectivity index (χ3v) is 4.04. The fraction of sp³-hybridized carbons (Fsp3) is 0.364. The van der Waals surface area contributed by atoms with E-state index in [1.807, 2.05) is 0 Å². The van der Waals surface area contributed by atoms with E-state index in [1.54, 1.807) is 52.0 Å². The highest BCUT2D eigenvalue weighted by Crippen LogP contribution is 2.33. The minimum absolute atomic E-state index is 0.134. The minimum atomic E-state index is -0.623. The van der Waals surface area contributed by atoms with Gasteiger partial charge in [0.1, 0.15) is 17.2 Å². The van der Waals surface area contributed by atoms with E-state index in [0.29, 0.717) is 33.6 Å². The zero-order valence-corrected chi connectivity index (χ0v) is 17.5. The predicted molar refractivity (Wildman–Crippen MR) is 108 cm³/mol. The summed E-state index contributed by atoms with van der Waals surface area (Å²) in [4.78, 5) is 24.1. The van der Waals surface area contributed by atoms with Crippen LogP contribution in [0.3, 0.4) is 0 Å². The highest BCUT2D eigenvalue weighted by molar-refractivity contribution is 5.91. The molecule has 0 aliphatic heterocycles. The topological polar surface area (TPSA) is 73.9 Å². The van der Waals surface area contributed by atoms with E-state index in [2.05, 4.69) is 5.32 Å². The summed E-state index contributed by atoms with van der Waals surface area (Å²) in [6.45, 7) is 7.09. The summed E-state index contributed by atoms with van der Waals surface area (Å²) in [7, 11) is 2.74. The lowest BCUT2D eigenvalue weighted by Gasteiger charge is -2.20. The average molecular weight is 403 g/mol. The van der Waals surface area contributed by atoms with Gasteiger partial charge in [-0.1, -0.05) is 0 Å². The number of carbonyl (C=O) groups is 2. The second-order valence-electron chi connectivity index (χ2n) is 7.57. The largest absolute Gasteiger partial charge is 0.496 e. The number of amides is 1. The Morgan fingerprint density at radius 1 is 1.07 bits per heavy atom. The maximum Gasteiger partial charge on any atom is 0.407 e. The van der Waals surface area contributed by atoms with Gasteiger partial charge in [0.15, 0.2) is 0 Å². The number of hydrogen-bond acceptors (Lipinski definition) is 5. The quantitative estimate of drug-likeness (QED) is 0.738. The number of halogens is 1. The van der Waals surface area contributed by atoms with Crippen molar-refractivity contribution in [2.75, 3.05) is 14.2 Å². The van der Waals surface area contributed by atoms with Gasteiger partial charge in [0.2, 0.25) is 0 Å². The molecule has 7 heteroatoms. The van der Waals surface area contributed by atoms with Crippen molar-refractivity contribution in [2.24, 2.45) is 0 Å². The van der Waals surface area contributed by atoms with Gasteiger partial charge in [0, 0.05) is 18.2 Å². The molecule has 156 valence electrons. The number of carbonyl (C=O) groups excluding carboxylic acids is 2. The number of hydrogen-bond donors (Lipinski definition) is 1. The van der Waals surface area contributed by atoms with Crippen molar-refractivity contribution in [3.05, 3.63) is 52.8 Å². The van der Waals surface area contributed by atoms with Crippen LogP contribution in [0.1, 0.15) is 42.3 Å². The van der Waals surface area contributed by atoms with Crippen LogP contribution >= 0.6 is 0 Å². The molecule has 0 atom stereocenters. The van der Waals surface area contributed by atoms with Gasteiger partial charge < -0.3 is 19.5 Å². The lowest BCUT2D eigenvalue weighted by molar-refractivity contribution is 0.0523. The van der Waals surface area contributed by atoms with Crippen molar-refractivity contribution in [3.63, 3.8) is 0 Å². The summed E-state index contributed by atoms with van der Waals surface area (Å²) in [5, 5.41) is 2.66. The van der Waals surface area contributed by atoms with Crippen molar-refractivity contribution in [2.45, 2.75) is 39.8 Å². The Morgan fingerprint density at radius 2 is 1.76 bits per heavy atom. The minimum Gasteiger partial charge on any atom is -0.496 e. The molecule has 0 fully saturated rings. The molecule has 0 radical (unpaired) electrons. The molecule has 2 rings (SSSR count). The molecule has 2 aromatic rings. The van der Waals surface area contributed by atoms with Crippen LogP contribution in [-0.2, 0) is 16.0 Å². The highest BCUT2D eigenvalue weighted by atomic mass is 19.1. The molecule has 2 aromatic carbocycles. The van der Waals surface area contributed by atoms with Gasteiger partial charge in [-0.05, 0) is 68.7 Å². The molecule has 29 heavy (non-hydrogen) atoms. The Labute approximate surface area is 170 Å². The van der Waals surface area contributed by atoms with E-state index in [-0.39, 0.29) is 12.4 Å². The molecule has 0 heterocycles. The number of rotatable bonds is 5. The monoisotopic (exact) mass is 403 g/mol. The first-order chi connectivity index (χ1) is 13.5. The number of aryl methyl sites for hydroxylation is 1. The summed E-state index contributed by atoms with van der Waals surface area (Å²) in [5.41, 5.74) is 2.03. The van der Waals surface area contributed by atoms with Gasteiger partial charge in [-0.15, -0.1) is 0 Å². The number of methoxy groups -OCH3 is 2. The summed E-state index contributed by atoms with van der Waals surface area (Å²) in [5.74, 6) is -0.578. The van der Waals surface area contributed by atoms with Crippen LogP contribution in [0.25, 0.3) is 11.1 Å². The summed E-state index contributed by atoms with van der Waals surface area (Å²) in [6.07, 6.45) is -0.572. The fourth-order valence-electron chi connectivity index (χ4n) is 2.73. The summed E-state index contributed by atoms with van der Waals surface area (Å²) >= 11 is 0. The van der Waals surface area contributed by atoms with Gasteiger partial charge in [-0.25, -0.2) is 14.0 Å². The molecular formula is C22H26FNO5. The van der Waals surface area contributed by atoms with E-state index >= 15 is 0 Å². The van der Waals surface area contributed by atoms with E-state index in [0.717, 1.165) is 0 Å². The van der Waals surface area contributed by atoms with Crippen molar-refractivity contribution in [1.82, 2.24) is 5.32 Å². The van der Waals surface area contributed by atoms with Crippen LogP contribution in [0, 0.1) is 12.7 Å². The van der Waals surface area contributed by atoms with E-state index in [4.69, 9.17) is 14.2 Å². The molecule has 1 N–H and O–H groups in total. The third-order valence-electron chi connectivity index (χ3n) is 4.04. The molecule has 0 spiro atoms. The van der Waals surface area contributed by atoms with Crippen LogP contribution in [0.4, 0.5) is 9.18 Å². The van der Waals surface area contributed by atoms with Gasteiger partial charge >= 0.3 is 12.1 Å². The van der Waals surface area contributed by atoms with Crippen molar-refractivity contribution in [1.29, 1.82) is 0 Å². The summed E-state index contributed by atoms with van der Waals surface area (Å²) < 4.78 is 29.3. The van der Waals surface area contributed by atoms with Crippen LogP contribution in [0.15, 0.2) is 30.3 Å². The number of ether oxygens (including phenoxy) is 3. The number of esters is 1. The smallest absolute Gasteiger partial charge is 0.407 e. The SMILES string of the molecule is COC(=O)c1cc(CNC(=O)OC(C)(C)C)cc(-c2cc(C)c(F)cc2OC)c1. The number of nitrogens with one attached hydrogen (secondary N) is 1. The number of benzene rings is 2. The fourth-order valence-corrected chi connectivity index (χ4v) is 2.73. The third kappa shape index (κ3) is 5.94. The molecule has 0 bridgehead atoms. The second kappa shape index (κ2) is 8.94. The van der Waals surface area contributed by atoms with Gasteiger partial charge in [0.05, 0.1) is 19.8 Å². The molecule has 1 amide bonds. The van der Waals surface area contributed by atoms with Crippen molar-refractivity contribution >= 4 is 12.1 Å². The molecule has 0 unspecified atom stereocenters. The van der Waals surface area contributed by atoms with E-state index < -0.39 is 17.7 Å². The lowest BCUT2D eigenvalue weighted by Crippen LogP contribution is -2.32. The second-order valence-corrected chi connectivity index (χ2v) is 7.57. The average Bonchev–Trinajstić information content (AvgIpc) is 2.65. The first kappa shape index (κ1) is 22.2. The zero-order valence-electron chi connectivity index (χ0n) is 17.5. The number of alkyl carbamates (subject to hydrolysis) is 1. The standard InChI is InChI=1S/C22H26FNO5/c1-13-7-17(19(27-5)11-18(13)23)15-8-14(9-16(10-15)20(25)28-6)12-24-21(26)29-22(2,3)4/h7-11H,12H2,1-6H3,(H,24,26). The molecule has 6 nitrogen and oxygen atoms in total. The van der Waals surface area contributed by atoms with Crippen molar-refractivity contribution in [3.8, 4) is 16.9 Å². The Hall–Kier alpha value is -3.09. The van der Waals surface area contributed by atoms with Crippen LogP contribution in [0.2, 0.25) is 0 Å². The Kier molecular flexibility index (Phi) is 6.84. The summed E-state index contributed by atoms with van der Waals surface area (Å²) in [6, 6.07) is 8.00. The Bertz CT molecular complexity index is 918. The Balaban J connectivity index is 2.44. The molecular weight excluding hydrogens is 377 g/mol. The zero-order chi connectivity index (χ0) is 21.8. The van der Waals surface area contributed by atoms with Crippen LogP contribution < -0.4 is 10.1 Å². The Morgan fingerprint density at radius 3 is 2.34 bits per heavy atom. The molecule has 0 aromatic heterocycles. The highest BCUT2D eigenvalue weighted by Gasteiger charge is 2.18. The maximum atomic E-state index is 13.9. The van der Waals surface area contributed by atoms with Crippen molar-refractivity contribution < 1.29 is 28.2 Å². The van der Waals surface area contributed by atoms with E-state index in [9.17, 15) is 14.0 Å². The molecule has 0 saturated carbocycles. The molecule has 0 saturated heterocycles. The predicted octanol–water partition coefficient (Wildman–Crippen LogP) is 4.62. The van der Waals surface area contributed by atoms with Gasteiger partial charge in [0.25, 0.3) is 0 Å². The molecule has 0 aliphatic carbocycles. The van der Waals surface area contributed by atoms with Gasteiger partial charge in [-0.2, -0.15) is 0 Å². The van der Waals surface area contributed by atoms with Crippen LogP contribution in [-0.4, -0.2) is 31.9 Å². The normalized spacial score (nSPS) is 11.0. The first-order valence-electron chi connectivity index (χ1n) is 9.07. The lowest BCUT2D eigenvalue weighted by atomic mass is 9.97. The van der Waals surface area contributed by atoms with Gasteiger partial charge in [-0.3, -0.25) is 0 Å². The van der Waals surface area contributed by atoms with Crippen LogP contribution in [0.5, 0.6) is 5.75 Å². The molecule has 0 aliphatic rings.